The highest BCUT2D eigenvalue weighted by molar-refractivity contribution is 7.11. The zero-order valence-electron chi connectivity index (χ0n) is 11.6. The van der Waals surface area contributed by atoms with Crippen molar-refractivity contribution >= 4 is 11.3 Å². The minimum absolute atomic E-state index is 0.162. The summed E-state index contributed by atoms with van der Waals surface area (Å²) in [5, 5.41) is 4.54. The molecule has 0 aliphatic heterocycles. The first-order valence-electron chi connectivity index (χ1n) is 6.45. The molecule has 0 spiro atoms. The van der Waals surface area contributed by atoms with Crippen LogP contribution in [0.5, 0.6) is 0 Å². The van der Waals surface area contributed by atoms with Gasteiger partial charge in [0.2, 0.25) is 0 Å². The predicted octanol–water partition coefficient (Wildman–Crippen LogP) is 3.54. The van der Waals surface area contributed by atoms with Gasteiger partial charge in [0.05, 0.1) is 10.7 Å². The van der Waals surface area contributed by atoms with E-state index in [9.17, 15) is 4.39 Å². The van der Waals surface area contributed by atoms with Gasteiger partial charge < -0.3 is 5.32 Å². The second-order valence-corrected chi connectivity index (χ2v) is 6.03. The lowest BCUT2D eigenvalue weighted by molar-refractivity contribution is 0.624. The summed E-state index contributed by atoms with van der Waals surface area (Å²) >= 11 is 1.74. The Labute approximate surface area is 117 Å². The number of nitrogens with zero attached hydrogens (tertiary/aromatic N) is 1. The lowest BCUT2D eigenvalue weighted by atomic mass is 10.1. The topological polar surface area (TPSA) is 24.9 Å². The maximum absolute atomic E-state index is 13.0. The molecule has 4 heteroatoms. The average molecular weight is 278 g/mol. The fourth-order valence-electron chi connectivity index (χ4n) is 2.10. The monoisotopic (exact) mass is 278 g/mol. The molecule has 0 unspecified atom stereocenters. The SMILES string of the molecule is Cc1nc(C)c(CNCCc2ccc(F)cc2C)s1. The fourth-order valence-corrected chi connectivity index (χ4v) is 3.01. The third-order valence-electron chi connectivity index (χ3n) is 3.16. The molecule has 1 aromatic carbocycles. The quantitative estimate of drug-likeness (QED) is 0.846. The van der Waals surface area contributed by atoms with E-state index in [1.165, 1.54) is 16.5 Å². The minimum atomic E-state index is -0.162. The van der Waals surface area contributed by atoms with Crippen molar-refractivity contribution in [3.05, 3.63) is 50.7 Å². The van der Waals surface area contributed by atoms with Crippen molar-refractivity contribution in [1.29, 1.82) is 0 Å². The van der Waals surface area contributed by atoms with Crippen molar-refractivity contribution in [3.63, 3.8) is 0 Å². The molecule has 0 aliphatic rings. The zero-order valence-corrected chi connectivity index (χ0v) is 12.4. The number of halogens is 1. The molecule has 0 radical (unpaired) electrons. The van der Waals surface area contributed by atoms with Crippen molar-refractivity contribution in [1.82, 2.24) is 10.3 Å². The molecule has 19 heavy (non-hydrogen) atoms. The molecule has 2 aromatic rings. The molecular formula is C15H19FN2S. The molecule has 0 aliphatic carbocycles. The summed E-state index contributed by atoms with van der Waals surface area (Å²) in [4.78, 5) is 5.71. The standard InChI is InChI=1S/C15H19FN2S/c1-10-8-14(16)5-4-13(10)6-7-17-9-15-11(2)18-12(3)19-15/h4-5,8,17H,6-7,9H2,1-3H3. The summed E-state index contributed by atoms with van der Waals surface area (Å²) in [5.41, 5.74) is 3.34. The van der Waals surface area contributed by atoms with Gasteiger partial charge in [-0.05, 0) is 57.0 Å². The van der Waals surface area contributed by atoms with Crippen LogP contribution in [0.3, 0.4) is 0 Å². The van der Waals surface area contributed by atoms with Gasteiger partial charge in [0.25, 0.3) is 0 Å². The van der Waals surface area contributed by atoms with Crippen LogP contribution in [0.4, 0.5) is 4.39 Å². The summed E-state index contributed by atoms with van der Waals surface area (Å²) in [6.07, 6.45) is 0.920. The highest BCUT2D eigenvalue weighted by Crippen LogP contribution is 2.16. The van der Waals surface area contributed by atoms with E-state index >= 15 is 0 Å². The maximum atomic E-state index is 13.0. The average Bonchev–Trinajstić information content (AvgIpc) is 2.65. The number of rotatable bonds is 5. The highest BCUT2D eigenvalue weighted by Gasteiger charge is 2.04. The number of hydrogen-bond donors (Lipinski definition) is 1. The molecule has 1 heterocycles. The summed E-state index contributed by atoms with van der Waals surface area (Å²) in [7, 11) is 0. The van der Waals surface area contributed by atoms with Crippen LogP contribution in [0.15, 0.2) is 18.2 Å². The summed E-state index contributed by atoms with van der Waals surface area (Å²) < 4.78 is 13.0. The number of aromatic nitrogens is 1. The van der Waals surface area contributed by atoms with Gasteiger partial charge in [0.1, 0.15) is 5.82 Å². The van der Waals surface area contributed by atoms with E-state index in [1.54, 1.807) is 17.4 Å². The zero-order chi connectivity index (χ0) is 13.8. The molecular weight excluding hydrogens is 259 g/mol. The van der Waals surface area contributed by atoms with E-state index in [-0.39, 0.29) is 5.82 Å². The molecule has 0 saturated heterocycles. The molecule has 0 atom stereocenters. The van der Waals surface area contributed by atoms with E-state index in [0.29, 0.717) is 0 Å². The highest BCUT2D eigenvalue weighted by atomic mass is 32.1. The van der Waals surface area contributed by atoms with Crippen molar-refractivity contribution in [2.24, 2.45) is 0 Å². The second-order valence-electron chi connectivity index (χ2n) is 4.74. The third-order valence-corrected chi connectivity index (χ3v) is 4.23. The summed E-state index contributed by atoms with van der Waals surface area (Å²) in [6.45, 7) is 7.78. The van der Waals surface area contributed by atoms with Gasteiger partial charge in [0.15, 0.2) is 0 Å². The van der Waals surface area contributed by atoms with Gasteiger partial charge in [-0.25, -0.2) is 9.37 Å². The van der Waals surface area contributed by atoms with E-state index in [4.69, 9.17) is 0 Å². The first-order valence-corrected chi connectivity index (χ1v) is 7.26. The Morgan fingerprint density at radius 1 is 1.26 bits per heavy atom. The smallest absolute Gasteiger partial charge is 0.123 e. The Hall–Kier alpha value is -1.26. The second kappa shape index (κ2) is 6.26. The lowest BCUT2D eigenvalue weighted by Crippen LogP contribution is -2.17. The van der Waals surface area contributed by atoms with Gasteiger partial charge in [-0.3, -0.25) is 0 Å². The van der Waals surface area contributed by atoms with Gasteiger partial charge in [0, 0.05) is 11.4 Å². The molecule has 0 bridgehead atoms. The first-order chi connectivity index (χ1) is 9.06. The molecule has 0 amide bonds. The first kappa shape index (κ1) is 14.2. The van der Waals surface area contributed by atoms with Gasteiger partial charge in [-0.2, -0.15) is 0 Å². The Kier molecular flexibility index (Phi) is 4.66. The van der Waals surface area contributed by atoms with Crippen LogP contribution in [0.25, 0.3) is 0 Å². The van der Waals surface area contributed by atoms with Crippen molar-refractivity contribution in [3.8, 4) is 0 Å². The molecule has 102 valence electrons. The van der Waals surface area contributed by atoms with Crippen LogP contribution in [0, 0.1) is 26.6 Å². The van der Waals surface area contributed by atoms with Crippen molar-refractivity contribution in [2.45, 2.75) is 33.7 Å². The van der Waals surface area contributed by atoms with Gasteiger partial charge >= 0.3 is 0 Å². The number of hydrogen-bond acceptors (Lipinski definition) is 3. The van der Waals surface area contributed by atoms with E-state index < -0.39 is 0 Å². The minimum Gasteiger partial charge on any atom is -0.311 e. The maximum Gasteiger partial charge on any atom is 0.123 e. The molecule has 2 nitrogen and oxygen atoms in total. The number of benzene rings is 1. The van der Waals surface area contributed by atoms with Crippen LogP contribution in [-0.4, -0.2) is 11.5 Å². The van der Waals surface area contributed by atoms with Crippen LogP contribution in [-0.2, 0) is 13.0 Å². The normalized spacial score (nSPS) is 10.9. The van der Waals surface area contributed by atoms with Crippen molar-refractivity contribution in [2.75, 3.05) is 6.54 Å². The van der Waals surface area contributed by atoms with Gasteiger partial charge in [-0.1, -0.05) is 6.07 Å². The Balaban J connectivity index is 1.82. The van der Waals surface area contributed by atoms with Crippen LogP contribution in [0.1, 0.15) is 26.7 Å². The van der Waals surface area contributed by atoms with Gasteiger partial charge in [-0.15, -0.1) is 11.3 Å². The molecule has 0 fully saturated rings. The molecule has 1 aromatic heterocycles. The largest absolute Gasteiger partial charge is 0.311 e. The third kappa shape index (κ3) is 3.85. The van der Waals surface area contributed by atoms with Crippen molar-refractivity contribution < 1.29 is 4.39 Å². The number of aryl methyl sites for hydroxylation is 3. The molecule has 2 rings (SSSR count). The fraction of sp³-hybridized carbons (Fsp3) is 0.400. The van der Waals surface area contributed by atoms with Crippen LogP contribution >= 0.6 is 11.3 Å². The summed E-state index contributed by atoms with van der Waals surface area (Å²) in [6, 6.07) is 4.99. The number of thiazole rings is 1. The van der Waals surface area contributed by atoms with E-state index in [1.807, 2.05) is 26.8 Å². The molecule has 1 N–H and O–H groups in total. The summed E-state index contributed by atoms with van der Waals surface area (Å²) in [5.74, 6) is -0.162. The Bertz CT molecular complexity index is 563. The van der Waals surface area contributed by atoms with E-state index in [2.05, 4.69) is 10.3 Å². The Morgan fingerprint density at radius 3 is 2.68 bits per heavy atom. The lowest BCUT2D eigenvalue weighted by Gasteiger charge is -2.07. The number of nitrogens with one attached hydrogen (secondary N) is 1. The molecule has 0 saturated carbocycles. The van der Waals surface area contributed by atoms with E-state index in [0.717, 1.165) is 35.8 Å². The van der Waals surface area contributed by atoms with Crippen LogP contribution < -0.4 is 5.32 Å². The predicted molar refractivity (Wildman–Crippen MR) is 78.1 cm³/mol. The van der Waals surface area contributed by atoms with Crippen LogP contribution in [0.2, 0.25) is 0 Å². The Morgan fingerprint density at radius 2 is 2.05 bits per heavy atom.